The molecule has 48 heavy (non-hydrogen) atoms. The van der Waals surface area contributed by atoms with Gasteiger partial charge in [-0.25, -0.2) is 0 Å². The highest BCUT2D eigenvalue weighted by atomic mass is 19.4. The lowest BCUT2D eigenvalue weighted by molar-refractivity contribution is -0.253. The zero-order chi connectivity index (χ0) is 33.7. The van der Waals surface area contributed by atoms with Gasteiger partial charge in [-0.2, -0.15) is 13.2 Å². The Bertz CT molecular complexity index is 1520. The Balaban J connectivity index is 1.10. The maximum atomic E-state index is 13.0. The van der Waals surface area contributed by atoms with Crippen molar-refractivity contribution in [3.05, 3.63) is 101 Å². The van der Waals surface area contributed by atoms with Gasteiger partial charge in [0.25, 0.3) is 0 Å². The number of benzene rings is 3. The Morgan fingerprint density at radius 2 is 1.48 bits per heavy atom. The fourth-order valence-corrected chi connectivity index (χ4v) is 6.69. The molecule has 0 aliphatic carbocycles. The molecular weight excluding hydrogens is 625 g/mol. The predicted octanol–water partition coefficient (Wildman–Crippen LogP) is 5.03. The zero-order valence-electron chi connectivity index (χ0n) is 26.6. The number of rotatable bonds is 9. The van der Waals surface area contributed by atoms with Gasteiger partial charge in [0.05, 0.1) is 18.8 Å². The lowest BCUT2D eigenvalue weighted by atomic mass is 9.99. The van der Waals surface area contributed by atoms with Crippen molar-refractivity contribution in [2.75, 3.05) is 44.6 Å². The summed E-state index contributed by atoms with van der Waals surface area (Å²) < 4.78 is 52.1. The monoisotopic (exact) mass is 666 g/mol. The number of aliphatic hydroxyl groups excluding tert-OH is 1. The van der Waals surface area contributed by atoms with Gasteiger partial charge in [0, 0.05) is 63.5 Å². The van der Waals surface area contributed by atoms with Gasteiger partial charge in [0.2, 0.25) is 5.91 Å². The molecule has 0 spiro atoms. The molecule has 3 aliphatic rings. The van der Waals surface area contributed by atoms with Gasteiger partial charge >= 0.3 is 12.1 Å². The van der Waals surface area contributed by atoms with Crippen LogP contribution in [0.2, 0.25) is 0 Å². The van der Waals surface area contributed by atoms with E-state index in [0.29, 0.717) is 23.4 Å². The molecule has 2 N–H and O–H groups in total. The summed E-state index contributed by atoms with van der Waals surface area (Å²) in [6, 6.07) is 23.8. The first-order chi connectivity index (χ1) is 23.2. The third-order valence-electron chi connectivity index (χ3n) is 9.30. The number of aliphatic hydroxyl groups is 1. The quantitative estimate of drug-likeness (QED) is 0.331. The molecule has 2 amide bonds. The molecule has 3 heterocycles. The van der Waals surface area contributed by atoms with Gasteiger partial charge < -0.3 is 24.8 Å². The Kier molecular flexibility index (Phi) is 10.8. The minimum absolute atomic E-state index is 0.0449. The second kappa shape index (κ2) is 15.2. The average molecular weight is 667 g/mol. The number of piperazine rings is 1. The number of halogens is 3. The van der Waals surface area contributed by atoms with E-state index in [2.05, 4.69) is 39.4 Å². The lowest BCUT2D eigenvalue weighted by Crippen LogP contribution is -2.49. The fraction of sp³-hybridized carbons (Fsp3) is 0.444. The number of nitrogens with zero attached hydrogens (tertiary/aromatic N) is 3. The number of carbonyl (C=O) groups excluding carboxylic acids is 2. The highest BCUT2D eigenvalue weighted by Gasteiger charge is 2.47. The van der Waals surface area contributed by atoms with Crippen molar-refractivity contribution in [3.63, 3.8) is 0 Å². The molecule has 0 radical (unpaired) electrons. The molecule has 0 bridgehead atoms. The van der Waals surface area contributed by atoms with Crippen molar-refractivity contribution in [3.8, 4) is 0 Å². The highest BCUT2D eigenvalue weighted by Crippen LogP contribution is 2.38. The Hall–Kier alpha value is -3.81. The first-order valence-electron chi connectivity index (χ1n) is 16.4. The zero-order valence-corrected chi connectivity index (χ0v) is 26.6. The van der Waals surface area contributed by atoms with Crippen molar-refractivity contribution >= 4 is 17.5 Å². The summed E-state index contributed by atoms with van der Waals surface area (Å²) in [7, 11) is 0. The van der Waals surface area contributed by atoms with Gasteiger partial charge in [0.1, 0.15) is 6.04 Å². The third-order valence-corrected chi connectivity index (χ3v) is 9.30. The molecule has 3 aromatic rings. The lowest BCUT2D eigenvalue weighted by Gasteiger charge is -2.40. The van der Waals surface area contributed by atoms with Gasteiger partial charge in [0.15, 0.2) is 6.29 Å². The summed E-state index contributed by atoms with van der Waals surface area (Å²) in [5, 5.41) is 12.2. The van der Waals surface area contributed by atoms with E-state index < -0.39 is 30.3 Å². The van der Waals surface area contributed by atoms with Crippen LogP contribution in [0.3, 0.4) is 0 Å². The number of amides is 2. The van der Waals surface area contributed by atoms with E-state index in [4.69, 9.17) is 9.47 Å². The molecule has 12 heteroatoms. The molecule has 256 valence electrons. The van der Waals surface area contributed by atoms with Crippen molar-refractivity contribution in [1.82, 2.24) is 14.7 Å². The van der Waals surface area contributed by atoms with E-state index >= 15 is 0 Å². The number of anilines is 1. The van der Waals surface area contributed by atoms with Crippen LogP contribution in [0.4, 0.5) is 18.9 Å². The minimum Gasteiger partial charge on any atom is -0.392 e. The van der Waals surface area contributed by atoms with Crippen LogP contribution in [-0.4, -0.2) is 89.2 Å². The molecule has 0 saturated carbocycles. The molecular formula is C36H41F3N4O5. The standard InChI is InChI=1S/C36H41F3N4O5/c37-36(38,39)35(46)43-16-4-7-31(43)33(45)40-29-14-12-28(13-15-29)34-47-30(21-32(48-34)27-10-8-26(24-44)9-11-27)23-42-19-17-41(18-20-42)22-25-5-2-1-3-6-25/h1-3,5-6,8-15,30-32,34,44H,4,7,16-24H2,(H,40,45)/t30-,31+,32+,34+/m1/s1. The van der Waals surface area contributed by atoms with Gasteiger partial charge in [-0.05, 0) is 41.7 Å². The van der Waals surface area contributed by atoms with E-state index in [1.165, 1.54) is 5.56 Å². The van der Waals surface area contributed by atoms with Crippen LogP contribution in [0, 0.1) is 0 Å². The molecule has 9 nitrogen and oxygen atoms in total. The molecule has 4 atom stereocenters. The summed E-state index contributed by atoms with van der Waals surface area (Å²) in [5.74, 6) is -2.65. The average Bonchev–Trinajstić information content (AvgIpc) is 3.59. The number of alkyl halides is 3. The Morgan fingerprint density at radius 3 is 2.15 bits per heavy atom. The summed E-state index contributed by atoms with van der Waals surface area (Å²) in [5.41, 5.74) is 4.23. The van der Waals surface area contributed by atoms with Gasteiger partial charge in [-0.1, -0.05) is 66.7 Å². The number of nitrogens with one attached hydrogen (secondary N) is 1. The van der Waals surface area contributed by atoms with E-state index in [9.17, 15) is 27.9 Å². The topological polar surface area (TPSA) is 94.6 Å². The summed E-state index contributed by atoms with van der Waals surface area (Å²) in [4.78, 5) is 30.2. The molecule has 3 aliphatic heterocycles. The molecule has 3 saturated heterocycles. The largest absolute Gasteiger partial charge is 0.471 e. The number of ether oxygens (including phenoxy) is 2. The van der Waals surface area contributed by atoms with Crippen LogP contribution in [0.1, 0.15) is 53.9 Å². The van der Waals surface area contributed by atoms with Crippen LogP contribution >= 0.6 is 0 Å². The molecule has 0 aromatic heterocycles. The van der Waals surface area contributed by atoms with E-state index in [1.54, 1.807) is 24.3 Å². The Morgan fingerprint density at radius 1 is 0.812 bits per heavy atom. The normalized spacial score (nSPS) is 24.0. The maximum Gasteiger partial charge on any atom is 0.471 e. The van der Waals surface area contributed by atoms with Crippen molar-refractivity contribution in [1.29, 1.82) is 0 Å². The number of carbonyl (C=O) groups is 2. The second-order valence-electron chi connectivity index (χ2n) is 12.7. The van der Waals surface area contributed by atoms with Gasteiger partial charge in [-0.15, -0.1) is 0 Å². The first-order valence-corrected chi connectivity index (χ1v) is 16.4. The molecule has 3 fully saturated rings. The summed E-state index contributed by atoms with van der Waals surface area (Å²) in [6.45, 7) is 5.29. The number of hydrogen-bond donors (Lipinski definition) is 2. The predicted molar refractivity (Wildman–Crippen MR) is 172 cm³/mol. The van der Waals surface area contributed by atoms with E-state index in [-0.39, 0.29) is 31.8 Å². The molecule has 6 rings (SSSR count). The second-order valence-corrected chi connectivity index (χ2v) is 12.7. The highest BCUT2D eigenvalue weighted by molar-refractivity contribution is 5.98. The van der Waals surface area contributed by atoms with Crippen LogP contribution < -0.4 is 5.32 Å². The Labute approximate surface area is 278 Å². The van der Waals surface area contributed by atoms with Crippen LogP contribution in [0.5, 0.6) is 0 Å². The third kappa shape index (κ3) is 8.42. The van der Waals surface area contributed by atoms with Crippen molar-refractivity contribution in [2.45, 2.75) is 63.1 Å². The van der Waals surface area contributed by atoms with Gasteiger partial charge in [-0.3, -0.25) is 19.4 Å². The van der Waals surface area contributed by atoms with E-state index in [0.717, 1.165) is 56.0 Å². The molecule has 0 unspecified atom stereocenters. The fourth-order valence-electron chi connectivity index (χ4n) is 6.69. The van der Waals surface area contributed by atoms with Crippen LogP contribution in [0.25, 0.3) is 0 Å². The van der Waals surface area contributed by atoms with Crippen LogP contribution in [-0.2, 0) is 32.2 Å². The molecule has 3 aromatic carbocycles. The van der Waals surface area contributed by atoms with Crippen LogP contribution in [0.15, 0.2) is 78.9 Å². The summed E-state index contributed by atoms with van der Waals surface area (Å²) in [6.07, 6.45) is -4.95. The van der Waals surface area contributed by atoms with E-state index in [1.807, 2.05) is 30.3 Å². The number of likely N-dealkylation sites (tertiary alicyclic amines) is 1. The number of hydrogen-bond acceptors (Lipinski definition) is 7. The minimum atomic E-state index is -5.03. The van der Waals surface area contributed by atoms with Crippen molar-refractivity contribution in [2.24, 2.45) is 0 Å². The maximum absolute atomic E-state index is 13.0. The SMILES string of the molecule is O=C(Nc1ccc([C@H]2O[C@@H](CN3CCN(Cc4ccccc4)CC3)C[C@@H](c3ccc(CO)cc3)O2)cc1)[C@@H]1CCCN1C(=O)C(F)(F)F. The first kappa shape index (κ1) is 34.1. The summed E-state index contributed by atoms with van der Waals surface area (Å²) >= 11 is 0. The van der Waals surface area contributed by atoms with Crippen molar-refractivity contribution < 1.29 is 37.3 Å². The smallest absolute Gasteiger partial charge is 0.392 e.